The van der Waals surface area contributed by atoms with E-state index < -0.39 is 0 Å². The van der Waals surface area contributed by atoms with Gasteiger partial charge < -0.3 is 10.2 Å². The van der Waals surface area contributed by atoms with Crippen molar-refractivity contribution in [2.24, 2.45) is 5.73 Å². The van der Waals surface area contributed by atoms with E-state index in [4.69, 9.17) is 10.2 Å². The molecular formula is C13H15NOS. The highest BCUT2D eigenvalue weighted by molar-refractivity contribution is 7.98. The molecule has 0 aliphatic rings. The van der Waals surface area contributed by atoms with Crippen LogP contribution in [0.1, 0.15) is 16.9 Å². The molecule has 0 saturated heterocycles. The molecule has 84 valence electrons. The van der Waals surface area contributed by atoms with Gasteiger partial charge in [-0.3, -0.25) is 0 Å². The highest BCUT2D eigenvalue weighted by atomic mass is 32.2. The van der Waals surface area contributed by atoms with Crippen LogP contribution in [0.25, 0.3) is 0 Å². The van der Waals surface area contributed by atoms with Crippen LogP contribution in [-0.2, 0) is 12.3 Å². The zero-order valence-corrected chi connectivity index (χ0v) is 10.1. The summed E-state index contributed by atoms with van der Waals surface area (Å²) in [5.41, 5.74) is 8.09. The maximum absolute atomic E-state index is 5.61. The van der Waals surface area contributed by atoms with Gasteiger partial charge in [-0.2, -0.15) is 0 Å². The lowest BCUT2D eigenvalue weighted by atomic mass is 10.1. The van der Waals surface area contributed by atoms with Gasteiger partial charge in [0.1, 0.15) is 5.76 Å². The first-order valence-electron chi connectivity index (χ1n) is 5.24. The van der Waals surface area contributed by atoms with Crippen LogP contribution in [0.4, 0.5) is 0 Å². The van der Waals surface area contributed by atoms with Crippen LogP contribution in [-0.4, -0.2) is 0 Å². The van der Waals surface area contributed by atoms with Crippen molar-refractivity contribution in [2.45, 2.75) is 24.1 Å². The Hall–Kier alpha value is -1.19. The monoisotopic (exact) mass is 233 g/mol. The lowest BCUT2D eigenvalue weighted by Crippen LogP contribution is -1.96. The summed E-state index contributed by atoms with van der Waals surface area (Å²) in [5.74, 6) is 1.94. The van der Waals surface area contributed by atoms with Gasteiger partial charge in [0.2, 0.25) is 0 Å². The molecule has 0 spiro atoms. The van der Waals surface area contributed by atoms with Gasteiger partial charge in [-0.25, -0.2) is 0 Å². The molecule has 0 aliphatic carbocycles. The molecule has 0 saturated carbocycles. The van der Waals surface area contributed by atoms with E-state index in [0.717, 1.165) is 11.5 Å². The van der Waals surface area contributed by atoms with Crippen LogP contribution in [0.5, 0.6) is 0 Å². The Labute approximate surface area is 99.8 Å². The summed E-state index contributed by atoms with van der Waals surface area (Å²) >= 11 is 1.79. The van der Waals surface area contributed by atoms with E-state index in [9.17, 15) is 0 Å². The molecule has 3 heteroatoms. The summed E-state index contributed by atoms with van der Waals surface area (Å²) in [4.78, 5) is 1.21. The SMILES string of the molecule is Cc1occc1SCc1cccc(CN)c1. The molecule has 0 aliphatic heterocycles. The zero-order chi connectivity index (χ0) is 11.4. The van der Waals surface area contributed by atoms with Gasteiger partial charge in [-0.05, 0) is 24.1 Å². The highest BCUT2D eigenvalue weighted by Gasteiger charge is 2.02. The molecule has 0 atom stereocenters. The minimum Gasteiger partial charge on any atom is -0.468 e. The van der Waals surface area contributed by atoms with Crippen molar-refractivity contribution in [2.75, 3.05) is 0 Å². The molecule has 2 rings (SSSR count). The van der Waals surface area contributed by atoms with Gasteiger partial charge in [-0.1, -0.05) is 24.3 Å². The van der Waals surface area contributed by atoms with E-state index in [1.807, 2.05) is 13.0 Å². The molecule has 0 bridgehead atoms. The number of rotatable bonds is 4. The molecule has 16 heavy (non-hydrogen) atoms. The maximum atomic E-state index is 5.61. The molecule has 0 fully saturated rings. The summed E-state index contributed by atoms with van der Waals surface area (Å²) in [6.45, 7) is 2.59. The molecule has 2 aromatic rings. The third-order valence-corrected chi connectivity index (χ3v) is 3.64. The first kappa shape index (κ1) is 11.3. The Balaban J connectivity index is 2.02. The number of benzene rings is 1. The number of hydrogen-bond donors (Lipinski definition) is 1. The summed E-state index contributed by atoms with van der Waals surface area (Å²) in [5, 5.41) is 0. The van der Waals surface area contributed by atoms with E-state index >= 15 is 0 Å². The molecule has 0 unspecified atom stereocenters. The van der Waals surface area contributed by atoms with Crippen molar-refractivity contribution in [3.05, 3.63) is 53.5 Å². The number of aryl methyl sites for hydroxylation is 1. The fourth-order valence-corrected chi connectivity index (χ4v) is 2.44. The van der Waals surface area contributed by atoms with Crippen molar-refractivity contribution in [1.29, 1.82) is 0 Å². The second-order valence-electron chi connectivity index (χ2n) is 3.65. The smallest absolute Gasteiger partial charge is 0.114 e. The lowest BCUT2D eigenvalue weighted by molar-refractivity contribution is 0.527. The minimum atomic E-state index is 0.600. The molecule has 2 N–H and O–H groups in total. The Bertz CT molecular complexity index is 464. The number of nitrogens with two attached hydrogens (primary N) is 1. The molecule has 0 radical (unpaired) electrons. The molecule has 2 nitrogen and oxygen atoms in total. The van der Waals surface area contributed by atoms with Gasteiger partial charge in [0.05, 0.1) is 6.26 Å². The van der Waals surface area contributed by atoms with Crippen LogP contribution in [0.3, 0.4) is 0 Å². The third-order valence-electron chi connectivity index (χ3n) is 2.43. The quantitative estimate of drug-likeness (QED) is 0.823. The van der Waals surface area contributed by atoms with E-state index in [2.05, 4.69) is 24.3 Å². The third kappa shape index (κ3) is 2.68. The van der Waals surface area contributed by atoms with E-state index in [1.54, 1.807) is 18.0 Å². The summed E-state index contributed by atoms with van der Waals surface area (Å²) in [6.07, 6.45) is 1.73. The predicted octanol–water partition coefficient (Wildman–Crippen LogP) is 3.34. The second kappa shape index (κ2) is 5.23. The highest BCUT2D eigenvalue weighted by Crippen LogP contribution is 2.26. The summed E-state index contributed by atoms with van der Waals surface area (Å²) in [7, 11) is 0. The van der Waals surface area contributed by atoms with Crippen LogP contribution >= 0.6 is 11.8 Å². The first-order valence-corrected chi connectivity index (χ1v) is 6.23. The van der Waals surface area contributed by atoms with Crippen molar-refractivity contribution >= 4 is 11.8 Å². The molecule has 1 aromatic heterocycles. The van der Waals surface area contributed by atoms with Gasteiger partial charge in [0.25, 0.3) is 0 Å². The average Bonchev–Trinajstić information content (AvgIpc) is 2.72. The van der Waals surface area contributed by atoms with Crippen LogP contribution in [0.2, 0.25) is 0 Å². The Morgan fingerprint density at radius 2 is 2.06 bits per heavy atom. The zero-order valence-electron chi connectivity index (χ0n) is 9.27. The maximum Gasteiger partial charge on any atom is 0.114 e. The average molecular weight is 233 g/mol. The van der Waals surface area contributed by atoms with E-state index in [0.29, 0.717) is 6.54 Å². The van der Waals surface area contributed by atoms with Crippen LogP contribution in [0.15, 0.2) is 45.9 Å². The first-order chi connectivity index (χ1) is 7.79. The number of thioether (sulfide) groups is 1. The Kier molecular flexibility index (Phi) is 3.70. The van der Waals surface area contributed by atoms with Crippen molar-refractivity contribution in [3.63, 3.8) is 0 Å². The fourth-order valence-electron chi connectivity index (χ4n) is 1.53. The molecule has 0 amide bonds. The number of hydrogen-bond acceptors (Lipinski definition) is 3. The predicted molar refractivity (Wildman–Crippen MR) is 67.3 cm³/mol. The summed E-state index contributed by atoms with van der Waals surface area (Å²) in [6, 6.07) is 10.4. The molecule has 1 heterocycles. The van der Waals surface area contributed by atoms with E-state index in [-0.39, 0.29) is 0 Å². The van der Waals surface area contributed by atoms with Crippen molar-refractivity contribution in [3.8, 4) is 0 Å². The minimum absolute atomic E-state index is 0.600. The van der Waals surface area contributed by atoms with Gasteiger partial charge >= 0.3 is 0 Å². The Morgan fingerprint density at radius 3 is 2.75 bits per heavy atom. The second-order valence-corrected chi connectivity index (χ2v) is 4.67. The van der Waals surface area contributed by atoms with E-state index in [1.165, 1.54) is 16.0 Å². The molecule has 1 aromatic carbocycles. The standard InChI is InChI=1S/C13H15NOS/c1-10-13(5-6-15-10)16-9-12-4-2-3-11(7-12)8-14/h2-7H,8-9,14H2,1H3. The fraction of sp³-hybridized carbons (Fsp3) is 0.231. The number of furan rings is 1. The van der Waals surface area contributed by atoms with Crippen molar-refractivity contribution < 1.29 is 4.42 Å². The normalized spacial score (nSPS) is 10.6. The summed E-state index contributed by atoms with van der Waals surface area (Å²) < 4.78 is 5.26. The Morgan fingerprint density at radius 1 is 1.25 bits per heavy atom. The van der Waals surface area contributed by atoms with Gasteiger partial charge in [0.15, 0.2) is 0 Å². The van der Waals surface area contributed by atoms with Crippen LogP contribution in [0, 0.1) is 6.92 Å². The molecular weight excluding hydrogens is 218 g/mol. The van der Waals surface area contributed by atoms with Gasteiger partial charge in [-0.15, -0.1) is 11.8 Å². The van der Waals surface area contributed by atoms with Crippen molar-refractivity contribution in [1.82, 2.24) is 0 Å². The lowest BCUT2D eigenvalue weighted by Gasteiger charge is -2.03. The van der Waals surface area contributed by atoms with Crippen LogP contribution < -0.4 is 5.73 Å². The largest absolute Gasteiger partial charge is 0.468 e. The van der Waals surface area contributed by atoms with Gasteiger partial charge in [0, 0.05) is 17.2 Å². The topological polar surface area (TPSA) is 39.2 Å².